The van der Waals surface area contributed by atoms with Crippen LogP contribution in [0.3, 0.4) is 0 Å². The molecule has 0 aliphatic carbocycles. The number of amides is 1. The minimum atomic E-state index is -0.590. The van der Waals surface area contributed by atoms with Crippen LogP contribution in [-0.2, 0) is 6.42 Å². The lowest BCUT2D eigenvalue weighted by Gasteiger charge is -2.19. The van der Waals surface area contributed by atoms with Gasteiger partial charge in [0.1, 0.15) is 5.82 Å². The molecule has 2 aromatic carbocycles. The van der Waals surface area contributed by atoms with Crippen molar-refractivity contribution >= 4 is 28.9 Å². The molecule has 2 N–H and O–H groups in total. The van der Waals surface area contributed by atoms with Crippen molar-refractivity contribution in [1.82, 2.24) is 0 Å². The van der Waals surface area contributed by atoms with Crippen molar-refractivity contribution < 1.29 is 9.18 Å². The summed E-state index contributed by atoms with van der Waals surface area (Å²) < 4.78 is 13.7. The van der Waals surface area contributed by atoms with E-state index < -0.39 is 11.7 Å². The van der Waals surface area contributed by atoms with Crippen molar-refractivity contribution in [2.45, 2.75) is 12.8 Å². The zero-order chi connectivity index (χ0) is 14.8. The largest absolute Gasteiger partial charge is 0.385 e. The lowest BCUT2D eigenvalue weighted by atomic mass is 10.0. The third-order valence-corrected chi connectivity index (χ3v) is 3.71. The molecule has 1 aliphatic rings. The third-order valence-electron chi connectivity index (χ3n) is 3.48. The summed E-state index contributed by atoms with van der Waals surface area (Å²) in [4.78, 5) is 12.1. The number of hydrogen-bond donors (Lipinski definition) is 2. The Morgan fingerprint density at radius 2 is 2.10 bits per heavy atom. The Hall–Kier alpha value is -2.07. The maximum Gasteiger partial charge on any atom is 0.258 e. The molecule has 0 saturated heterocycles. The van der Waals surface area contributed by atoms with Crippen LogP contribution in [0.25, 0.3) is 0 Å². The van der Waals surface area contributed by atoms with Crippen LogP contribution in [0.5, 0.6) is 0 Å². The molecule has 0 unspecified atom stereocenters. The molecular weight excluding hydrogens is 291 g/mol. The first-order valence-corrected chi connectivity index (χ1v) is 7.14. The van der Waals surface area contributed by atoms with Crippen molar-refractivity contribution in [3.63, 3.8) is 0 Å². The fourth-order valence-corrected chi connectivity index (χ4v) is 2.58. The zero-order valence-electron chi connectivity index (χ0n) is 11.2. The number of carbonyl (C=O) groups is 1. The summed E-state index contributed by atoms with van der Waals surface area (Å²) in [5.74, 6) is -1.10. The van der Waals surface area contributed by atoms with E-state index in [9.17, 15) is 9.18 Å². The van der Waals surface area contributed by atoms with Crippen LogP contribution in [0.2, 0.25) is 5.02 Å². The summed E-state index contributed by atoms with van der Waals surface area (Å²) in [6, 6.07) is 9.59. The number of aryl methyl sites for hydroxylation is 1. The third kappa shape index (κ3) is 3.00. The topological polar surface area (TPSA) is 41.1 Å². The molecule has 3 rings (SSSR count). The second-order valence-corrected chi connectivity index (χ2v) is 5.42. The Bertz CT molecular complexity index is 703. The lowest BCUT2D eigenvalue weighted by Crippen LogP contribution is -2.15. The Kier molecular flexibility index (Phi) is 3.80. The molecule has 1 amide bonds. The average Bonchev–Trinajstić information content (AvgIpc) is 2.49. The highest BCUT2D eigenvalue weighted by Gasteiger charge is 2.14. The maximum atomic E-state index is 13.7. The van der Waals surface area contributed by atoms with Gasteiger partial charge < -0.3 is 10.6 Å². The lowest BCUT2D eigenvalue weighted by molar-refractivity contribution is 0.102. The van der Waals surface area contributed by atoms with Gasteiger partial charge in [-0.2, -0.15) is 0 Å². The van der Waals surface area contributed by atoms with E-state index >= 15 is 0 Å². The molecule has 2 aromatic rings. The van der Waals surface area contributed by atoms with Crippen LogP contribution in [0.4, 0.5) is 15.8 Å². The normalized spacial score (nSPS) is 13.2. The van der Waals surface area contributed by atoms with Crippen molar-refractivity contribution in [3.8, 4) is 0 Å². The second kappa shape index (κ2) is 5.74. The van der Waals surface area contributed by atoms with Crippen molar-refractivity contribution in [2.75, 3.05) is 17.2 Å². The molecule has 0 bridgehead atoms. The molecule has 0 spiro atoms. The van der Waals surface area contributed by atoms with Gasteiger partial charge in [-0.15, -0.1) is 0 Å². The fraction of sp³-hybridized carbons (Fsp3) is 0.188. The SMILES string of the molecule is O=C(Nc1ccc2c(c1)NCCC2)c1cc(Cl)ccc1F. The standard InChI is InChI=1S/C16H14ClFN2O/c17-11-4-6-14(18)13(8-11)16(21)20-12-5-3-10-2-1-7-19-15(10)9-12/h3-6,8-9,19H,1-2,7H2,(H,20,21). The predicted octanol–water partition coefficient (Wildman–Crippen LogP) is 4.09. The summed E-state index contributed by atoms with van der Waals surface area (Å²) >= 11 is 5.80. The molecule has 0 aromatic heterocycles. The summed E-state index contributed by atoms with van der Waals surface area (Å²) in [5.41, 5.74) is 2.82. The molecule has 0 saturated carbocycles. The van der Waals surface area contributed by atoms with E-state index in [4.69, 9.17) is 11.6 Å². The van der Waals surface area contributed by atoms with Gasteiger partial charge in [-0.25, -0.2) is 4.39 Å². The first-order chi connectivity index (χ1) is 10.1. The maximum absolute atomic E-state index is 13.7. The van der Waals surface area contributed by atoms with Gasteiger partial charge in [-0.05, 0) is 48.7 Å². The monoisotopic (exact) mass is 304 g/mol. The molecule has 1 heterocycles. The minimum absolute atomic E-state index is 0.0619. The number of benzene rings is 2. The van der Waals surface area contributed by atoms with E-state index in [1.165, 1.54) is 23.8 Å². The number of nitrogens with one attached hydrogen (secondary N) is 2. The molecule has 5 heteroatoms. The smallest absolute Gasteiger partial charge is 0.258 e. The number of halogens is 2. The fourth-order valence-electron chi connectivity index (χ4n) is 2.41. The number of carbonyl (C=O) groups excluding carboxylic acids is 1. The highest BCUT2D eigenvalue weighted by Crippen LogP contribution is 2.26. The molecule has 108 valence electrons. The Morgan fingerprint density at radius 3 is 2.95 bits per heavy atom. The van der Waals surface area contributed by atoms with Crippen LogP contribution in [0, 0.1) is 5.82 Å². The van der Waals surface area contributed by atoms with Gasteiger partial charge >= 0.3 is 0 Å². The van der Waals surface area contributed by atoms with Crippen LogP contribution < -0.4 is 10.6 Å². The number of hydrogen-bond acceptors (Lipinski definition) is 2. The van der Waals surface area contributed by atoms with Crippen LogP contribution >= 0.6 is 11.6 Å². The van der Waals surface area contributed by atoms with Gasteiger partial charge in [0.05, 0.1) is 5.56 Å². The zero-order valence-corrected chi connectivity index (χ0v) is 12.0. The van der Waals surface area contributed by atoms with E-state index in [0.717, 1.165) is 25.1 Å². The number of rotatable bonds is 2. The highest BCUT2D eigenvalue weighted by atomic mass is 35.5. The Balaban J connectivity index is 1.83. The van der Waals surface area contributed by atoms with Crippen molar-refractivity contribution in [2.24, 2.45) is 0 Å². The first-order valence-electron chi connectivity index (χ1n) is 6.77. The van der Waals surface area contributed by atoms with Gasteiger partial charge in [-0.3, -0.25) is 4.79 Å². The number of anilines is 2. The molecular formula is C16H14ClFN2O. The number of fused-ring (bicyclic) bond motifs is 1. The molecule has 0 atom stereocenters. The quantitative estimate of drug-likeness (QED) is 0.877. The molecule has 1 aliphatic heterocycles. The van der Waals surface area contributed by atoms with Crippen molar-refractivity contribution in [1.29, 1.82) is 0 Å². The van der Waals surface area contributed by atoms with Gasteiger partial charge in [0.15, 0.2) is 0 Å². The Labute approximate surface area is 127 Å². The summed E-state index contributed by atoms with van der Waals surface area (Å²) in [6.07, 6.45) is 2.13. The predicted molar refractivity (Wildman–Crippen MR) is 82.6 cm³/mol. The molecule has 0 fully saturated rings. The van der Waals surface area contributed by atoms with E-state index in [0.29, 0.717) is 10.7 Å². The average molecular weight is 305 g/mol. The van der Waals surface area contributed by atoms with E-state index in [-0.39, 0.29) is 5.56 Å². The van der Waals surface area contributed by atoms with Gasteiger partial charge in [0.2, 0.25) is 0 Å². The Morgan fingerprint density at radius 1 is 1.24 bits per heavy atom. The molecule has 0 radical (unpaired) electrons. The van der Waals surface area contributed by atoms with Crippen molar-refractivity contribution in [3.05, 3.63) is 58.4 Å². The van der Waals surface area contributed by atoms with Crippen LogP contribution in [0.15, 0.2) is 36.4 Å². The van der Waals surface area contributed by atoms with E-state index in [2.05, 4.69) is 10.6 Å². The minimum Gasteiger partial charge on any atom is -0.385 e. The summed E-state index contributed by atoms with van der Waals surface area (Å²) in [6.45, 7) is 0.924. The first kappa shape index (κ1) is 13.9. The van der Waals surface area contributed by atoms with Gasteiger partial charge in [0, 0.05) is 22.9 Å². The van der Waals surface area contributed by atoms with Crippen LogP contribution in [-0.4, -0.2) is 12.5 Å². The summed E-state index contributed by atoms with van der Waals surface area (Å²) in [5, 5.41) is 6.32. The molecule has 3 nitrogen and oxygen atoms in total. The summed E-state index contributed by atoms with van der Waals surface area (Å²) in [7, 11) is 0. The van der Waals surface area contributed by atoms with Crippen LogP contribution in [0.1, 0.15) is 22.3 Å². The van der Waals surface area contributed by atoms with E-state index in [1.54, 1.807) is 0 Å². The second-order valence-electron chi connectivity index (χ2n) is 4.98. The van der Waals surface area contributed by atoms with Gasteiger partial charge in [0.25, 0.3) is 5.91 Å². The highest BCUT2D eigenvalue weighted by molar-refractivity contribution is 6.31. The molecule has 21 heavy (non-hydrogen) atoms. The van der Waals surface area contributed by atoms with E-state index in [1.807, 2.05) is 18.2 Å². The van der Waals surface area contributed by atoms with Gasteiger partial charge in [-0.1, -0.05) is 17.7 Å².